The van der Waals surface area contributed by atoms with Crippen LogP contribution in [0.2, 0.25) is 0 Å². The van der Waals surface area contributed by atoms with E-state index in [1.54, 1.807) is 54.7 Å². The van der Waals surface area contributed by atoms with Crippen LogP contribution in [0.3, 0.4) is 0 Å². The predicted octanol–water partition coefficient (Wildman–Crippen LogP) is 3.47. The summed E-state index contributed by atoms with van der Waals surface area (Å²) < 4.78 is 0. The Bertz CT molecular complexity index is 999. The van der Waals surface area contributed by atoms with Crippen LogP contribution in [0, 0.1) is 0 Å². The van der Waals surface area contributed by atoms with Crippen LogP contribution < -0.4 is 10.6 Å². The standard InChI is InChI=1S/C22H19N3O3/c1-15(26)18-5-4-7-19(13-18)25-22(28)17-10-8-16(9-11-17)21(27)24-14-20-6-2-3-12-23-20/h2-13H,14H2,1H3,(H,24,27)(H,25,28). The molecule has 2 amide bonds. The Morgan fingerprint density at radius 1 is 0.821 bits per heavy atom. The molecular formula is C22H19N3O3. The second kappa shape index (κ2) is 8.73. The number of aromatic nitrogens is 1. The molecule has 3 aromatic rings. The van der Waals surface area contributed by atoms with Crippen LogP contribution in [0.15, 0.2) is 72.9 Å². The summed E-state index contributed by atoms with van der Waals surface area (Å²) in [6.45, 7) is 1.80. The number of pyridine rings is 1. The minimum absolute atomic E-state index is 0.0721. The smallest absolute Gasteiger partial charge is 0.255 e. The zero-order valence-electron chi connectivity index (χ0n) is 15.3. The van der Waals surface area contributed by atoms with Crippen LogP contribution in [0.25, 0.3) is 0 Å². The van der Waals surface area contributed by atoms with Gasteiger partial charge in [-0.25, -0.2) is 0 Å². The molecule has 0 bridgehead atoms. The molecule has 6 nitrogen and oxygen atoms in total. The molecule has 2 N–H and O–H groups in total. The SMILES string of the molecule is CC(=O)c1cccc(NC(=O)c2ccc(C(=O)NCc3ccccn3)cc2)c1. The fourth-order valence-electron chi connectivity index (χ4n) is 2.57. The summed E-state index contributed by atoms with van der Waals surface area (Å²) in [7, 11) is 0. The van der Waals surface area contributed by atoms with E-state index in [1.165, 1.54) is 6.92 Å². The zero-order valence-corrected chi connectivity index (χ0v) is 15.3. The molecule has 0 aliphatic heterocycles. The summed E-state index contributed by atoms with van der Waals surface area (Å²) in [4.78, 5) is 40.2. The number of carbonyl (C=O) groups is 3. The summed E-state index contributed by atoms with van der Waals surface area (Å²) in [6.07, 6.45) is 1.67. The summed E-state index contributed by atoms with van der Waals surface area (Å²) in [5.41, 5.74) is 2.69. The Morgan fingerprint density at radius 2 is 1.54 bits per heavy atom. The van der Waals surface area contributed by atoms with E-state index in [2.05, 4.69) is 15.6 Å². The quantitative estimate of drug-likeness (QED) is 0.648. The third-order valence-electron chi connectivity index (χ3n) is 4.09. The van der Waals surface area contributed by atoms with E-state index in [1.807, 2.05) is 18.2 Å². The number of hydrogen-bond donors (Lipinski definition) is 2. The zero-order chi connectivity index (χ0) is 19.9. The highest BCUT2D eigenvalue weighted by Gasteiger charge is 2.10. The van der Waals surface area contributed by atoms with Crippen molar-refractivity contribution in [1.29, 1.82) is 0 Å². The van der Waals surface area contributed by atoms with Crippen molar-refractivity contribution in [3.05, 3.63) is 95.3 Å². The van der Waals surface area contributed by atoms with Gasteiger partial charge in [-0.3, -0.25) is 19.4 Å². The molecule has 0 aliphatic carbocycles. The van der Waals surface area contributed by atoms with Gasteiger partial charge in [0.05, 0.1) is 12.2 Å². The van der Waals surface area contributed by atoms with Crippen molar-refractivity contribution in [3.63, 3.8) is 0 Å². The van der Waals surface area contributed by atoms with Gasteiger partial charge in [-0.15, -0.1) is 0 Å². The molecule has 28 heavy (non-hydrogen) atoms. The van der Waals surface area contributed by atoms with Crippen LogP contribution in [-0.4, -0.2) is 22.6 Å². The lowest BCUT2D eigenvalue weighted by molar-refractivity contribution is 0.0948. The summed E-state index contributed by atoms with van der Waals surface area (Å²) in [5.74, 6) is -0.634. The second-order valence-electron chi connectivity index (χ2n) is 6.17. The average molecular weight is 373 g/mol. The number of rotatable bonds is 6. The van der Waals surface area contributed by atoms with Gasteiger partial charge >= 0.3 is 0 Å². The van der Waals surface area contributed by atoms with Crippen molar-refractivity contribution in [2.75, 3.05) is 5.32 Å². The lowest BCUT2D eigenvalue weighted by atomic mass is 10.1. The summed E-state index contributed by atoms with van der Waals surface area (Å²) in [5, 5.41) is 5.54. The monoisotopic (exact) mass is 373 g/mol. The lowest BCUT2D eigenvalue weighted by Crippen LogP contribution is -2.23. The van der Waals surface area contributed by atoms with E-state index in [4.69, 9.17) is 0 Å². The first-order valence-corrected chi connectivity index (χ1v) is 8.73. The van der Waals surface area contributed by atoms with Gasteiger partial charge in [-0.1, -0.05) is 18.2 Å². The molecule has 0 atom stereocenters. The number of amides is 2. The van der Waals surface area contributed by atoms with Gasteiger partial charge in [0.25, 0.3) is 11.8 Å². The number of Topliss-reactive ketones (excluding diaryl/α,β-unsaturated/α-hetero) is 1. The third kappa shape index (κ3) is 4.88. The normalized spacial score (nSPS) is 10.2. The van der Waals surface area contributed by atoms with Crippen LogP contribution in [-0.2, 0) is 6.54 Å². The number of benzene rings is 2. The molecule has 0 fully saturated rings. The molecular weight excluding hydrogens is 354 g/mol. The Morgan fingerprint density at radius 3 is 2.18 bits per heavy atom. The molecule has 0 unspecified atom stereocenters. The fourth-order valence-corrected chi connectivity index (χ4v) is 2.57. The highest BCUT2D eigenvalue weighted by molar-refractivity contribution is 6.05. The van der Waals surface area contributed by atoms with Crippen molar-refractivity contribution in [1.82, 2.24) is 10.3 Å². The molecule has 0 spiro atoms. The van der Waals surface area contributed by atoms with E-state index in [-0.39, 0.29) is 17.6 Å². The molecule has 140 valence electrons. The highest BCUT2D eigenvalue weighted by atomic mass is 16.2. The Hall–Kier alpha value is -3.80. The van der Waals surface area contributed by atoms with Gasteiger partial charge in [-0.05, 0) is 55.5 Å². The first-order chi connectivity index (χ1) is 13.5. The number of hydrogen-bond acceptors (Lipinski definition) is 4. The van der Waals surface area contributed by atoms with Gasteiger partial charge in [0, 0.05) is 28.6 Å². The van der Waals surface area contributed by atoms with E-state index in [9.17, 15) is 14.4 Å². The van der Waals surface area contributed by atoms with Gasteiger partial charge in [0.2, 0.25) is 0 Å². The molecule has 6 heteroatoms. The number of carbonyl (C=O) groups excluding carboxylic acids is 3. The molecule has 3 rings (SSSR count). The minimum atomic E-state index is -0.318. The maximum absolute atomic E-state index is 12.4. The van der Waals surface area contributed by atoms with Gasteiger partial charge in [0.1, 0.15) is 0 Å². The van der Waals surface area contributed by atoms with Gasteiger partial charge in [-0.2, -0.15) is 0 Å². The summed E-state index contributed by atoms with van der Waals surface area (Å²) >= 11 is 0. The highest BCUT2D eigenvalue weighted by Crippen LogP contribution is 2.13. The van der Waals surface area contributed by atoms with E-state index >= 15 is 0 Å². The molecule has 0 saturated carbocycles. The fraction of sp³-hybridized carbons (Fsp3) is 0.0909. The Labute approximate surface area is 162 Å². The van der Waals surface area contributed by atoms with Crippen molar-refractivity contribution >= 4 is 23.3 Å². The molecule has 2 aromatic carbocycles. The second-order valence-corrected chi connectivity index (χ2v) is 6.17. The Kier molecular flexibility index (Phi) is 5.91. The molecule has 0 aliphatic rings. The Balaban J connectivity index is 1.61. The van der Waals surface area contributed by atoms with Gasteiger partial charge < -0.3 is 10.6 Å². The van der Waals surface area contributed by atoms with Crippen molar-refractivity contribution in [2.24, 2.45) is 0 Å². The van der Waals surface area contributed by atoms with Crippen molar-refractivity contribution in [2.45, 2.75) is 13.5 Å². The van der Waals surface area contributed by atoms with Crippen LogP contribution in [0.5, 0.6) is 0 Å². The third-order valence-corrected chi connectivity index (χ3v) is 4.09. The first-order valence-electron chi connectivity index (χ1n) is 8.73. The van der Waals surface area contributed by atoms with Crippen LogP contribution >= 0.6 is 0 Å². The number of nitrogens with one attached hydrogen (secondary N) is 2. The largest absolute Gasteiger partial charge is 0.346 e. The topological polar surface area (TPSA) is 88.2 Å². The predicted molar refractivity (Wildman–Crippen MR) is 106 cm³/mol. The van der Waals surface area contributed by atoms with E-state index < -0.39 is 0 Å². The van der Waals surface area contributed by atoms with Crippen LogP contribution in [0.4, 0.5) is 5.69 Å². The van der Waals surface area contributed by atoms with E-state index in [0.29, 0.717) is 28.9 Å². The van der Waals surface area contributed by atoms with Gasteiger partial charge in [0.15, 0.2) is 5.78 Å². The number of nitrogens with zero attached hydrogens (tertiary/aromatic N) is 1. The van der Waals surface area contributed by atoms with E-state index in [0.717, 1.165) is 5.69 Å². The maximum atomic E-state index is 12.4. The lowest BCUT2D eigenvalue weighted by Gasteiger charge is -2.08. The molecule has 1 aromatic heterocycles. The average Bonchev–Trinajstić information content (AvgIpc) is 2.73. The van der Waals surface area contributed by atoms with Crippen molar-refractivity contribution < 1.29 is 14.4 Å². The van der Waals surface area contributed by atoms with Crippen molar-refractivity contribution in [3.8, 4) is 0 Å². The summed E-state index contributed by atoms with van der Waals surface area (Å²) in [6, 6.07) is 18.6. The molecule has 0 saturated heterocycles. The number of ketones is 1. The first kappa shape index (κ1) is 19.0. The number of anilines is 1. The minimum Gasteiger partial charge on any atom is -0.346 e. The molecule has 0 radical (unpaired) electrons. The molecule has 1 heterocycles. The van der Waals surface area contributed by atoms with Crippen LogP contribution in [0.1, 0.15) is 43.7 Å². The maximum Gasteiger partial charge on any atom is 0.255 e.